The van der Waals surface area contributed by atoms with Crippen LogP contribution in [-0.4, -0.2) is 22.5 Å². The molecule has 0 aliphatic rings. The van der Waals surface area contributed by atoms with Crippen LogP contribution < -0.4 is 10.5 Å². The largest absolute Gasteiger partial charge is 0.494 e. The third kappa shape index (κ3) is 2.87. The van der Waals surface area contributed by atoms with Crippen LogP contribution in [0.25, 0.3) is 16.9 Å². The smallest absolute Gasteiger partial charge is 0.137 e. The van der Waals surface area contributed by atoms with E-state index in [1.165, 1.54) is 0 Å². The Morgan fingerprint density at radius 2 is 1.95 bits per heavy atom. The Balaban J connectivity index is 2.14. The minimum absolute atomic E-state index is 0.578. The zero-order chi connectivity index (χ0) is 15.5. The van der Waals surface area contributed by atoms with Crippen LogP contribution in [0.4, 0.5) is 0 Å². The van der Waals surface area contributed by atoms with Crippen molar-refractivity contribution in [2.75, 3.05) is 13.2 Å². The predicted octanol–water partition coefficient (Wildman–Crippen LogP) is 3.66. The highest BCUT2D eigenvalue weighted by molar-refractivity contribution is 9.10. The average Bonchev–Trinajstić information content (AvgIpc) is 2.86. The Morgan fingerprint density at radius 1 is 1.18 bits per heavy atom. The van der Waals surface area contributed by atoms with Gasteiger partial charge in [0.15, 0.2) is 0 Å². The fourth-order valence-corrected chi connectivity index (χ4v) is 2.90. The van der Waals surface area contributed by atoms with Crippen molar-refractivity contribution in [3.8, 4) is 17.0 Å². The topological polar surface area (TPSA) is 52.5 Å². The van der Waals surface area contributed by atoms with Crippen molar-refractivity contribution < 1.29 is 4.74 Å². The molecule has 0 atom stereocenters. The lowest BCUT2D eigenvalue weighted by Gasteiger charge is -2.07. The van der Waals surface area contributed by atoms with Gasteiger partial charge in [0.25, 0.3) is 0 Å². The van der Waals surface area contributed by atoms with E-state index in [4.69, 9.17) is 15.5 Å². The van der Waals surface area contributed by atoms with Gasteiger partial charge in [-0.2, -0.15) is 0 Å². The Kier molecular flexibility index (Phi) is 4.45. The second-order valence-corrected chi connectivity index (χ2v) is 5.89. The molecule has 5 heteroatoms. The quantitative estimate of drug-likeness (QED) is 0.756. The van der Waals surface area contributed by atoms with E-state index in [0.29, 0.717) is 13.2 Å². The molecule has 0 saturated carbocycles. The Hall–Kier alpha value is -1.85. The van der Waals surface area contributed by atoms with E-state index in [1.807, 2.05) is 37.4 Å². The third-order valence-electron chi connectivity index (χ3n) is 3.47. The summed E-state index contributed by atoms with van der Waals surface area (Å²) in [6, 6.07) is 12.1. The highest BCUT2D eigenvalue weighted by atomic mass is 79.9. The van der Waals surface area contributed by atoms with Gasteiger partial charge in [0.1, 0.15) is 11.4 Å². The van der Waals surface area contributed by atoms with Crippen LogP contribution in [0.2, 0.25) is 0 Å². The molecule has 0 radical (unpaired) electrons. The highest BCUT2D eigenvalue weighted by Gasteiger charge is 2.14. The van der Waals surface area contributed by atoms with E-state index in [9.17, 15) is 0 Å². The molecule has 0 fully saturated rings. The molecule has 114 valence electrons. The molecule has 3 aromatic rings. The number of hydrogen-bond donors (Lipinski definition) is 1. The van der Waals surface area contributed by atoms with Gasteiger partial charge in [0, 0.05) is 22.7 Å². The van der Waals surface area contributed by atoms with Crippen molar-refractivity contribution in [3.05, 3.63) is 52.8 Å². The molecule has 1 aromatic carbocycles. The molecule has 0 amide bonds. The number of ether oxygens (including phenoxy) is 1. The van der Waals surface area contributed by atoms with E-state index >= 15 is 0 Å². The summed E-state index contributed by atoms with van der Waals surface area (Å²) in [7, 11) is 0. The molecule has 0 spiro atoms. The number of imidazole rings is 1. The summed E-state index contributed by atoms with van der Waals surface area (Å²) >= 11 is 3.53. The summed E-state index contributed by atoms with van der Waals surface area (Å²) in [5.74, 6) is 0.877. The van der Waals surface area contributed by atoms with E-state index in [0.717, 1.165) is 39.2 Å². The molecule has 2 heterocycles. The summed E-state index contributed by atoms with van der Waals surface area (Å²) in [5, 5.41) is 0. The first-order valence-electron chi connectivity index (χ1n) is 7.32. The number of hydrogen-bond acceptors (Lipinski definition) is 3. The standard InChI is InChI=1S/C17H18BrN3O/c1-2-22-14-6-3-12(4-7-14)17-15(9-10-19)20-16-8-5-13(18)11-21(16)17/h3-8,11H,2,9-10,19H2,1H3. The molecular formula is C17H18BrN3O. The second-order valence-electron chi connectivity index (χ2n) is 4.98. The number of nitrogens with zero attached hydrogens (tertiary/aromatic N) is 2. The fourth-order valence-electron chi connectivity index (χ4n) is 2.56. The number of rotatable bonds is 5. The van der Waals surface area contributed by atoms with Crippen LogP contribution in [0.1, 0.15) is 12.6 Å². The maximum absolute atomic E-state index is 5.74. The normalized spacial score (nSPS) is 11.0. The Labute approximate surface area is 138 Å². The number of nitrogens with two attached hydrogens (primary N) is 1. The lowest BCUT2D eigenvalue weighted by Crippen LogP contribution is -2.04. The summed E-state index contributed by atoms with van der Waals surface area (Å²) in [4.78, 5) is 4.71. The monoisotopic (exact) mass is 359 g/mol. The zero-order valence-corrected chi connectivity index (χ0v) is 14.0. The summed E-state index contributed by atoms with van der Waals surface area (Å²) in [6.45, 7) is 3.23. The van der Waals surface area contributed by atoms with Crippen LogP contribution in [0.5, 0.6) is 5.75 Å². The maximum Gasteiger partial charge on any atom is 0.137 e. The lowest BCUT2D eigenvalue weighted by atomic mass is 10.1. The first-order chi connectivity index (χ1) is 10.7. The number of halogens is 1. The highest BCUT2D eigenvalue weighted by Crippen LogP contribution is 2.28. The molecule has 2 aromatic heterocycles. The van der Waals surface area contributed by atoms with Crippen LogP contribution in [0.15, 0.2) is 47.1 Å². The maximum atomic E-state index is 5.74. The molecule has 4 nitrogen and oxygen atoms in total. The van der Waals surface area contributed by atoms with Gasteiger partial charge in [-0.25, -0.2) is 4.98 Å². The molecule has 0 unspecified atom stereocenters. The van der Waals surface area contributed by atoms with Crippen molar-refractivity contribution in [1.82, 2.24) is 9.38 Å². The first kappa shape index (κ1) is 15.1. The van der Waals surface area contributed by atoms with E-state index < -0.39 is 0 Å². The van der Waals surface area contributed by atoms with Gasteiger partial charge in [-0.15, -0.1) is 0 Å². The molecule has 3 rings (SSSR count). The molecule has 0 aliphatic carbocycles. The van der Waals surface area contributed by atoms with Crippen molar-refractivity contribution in [2.24, 2.45) is 5.73 Å². The third-order valence-corrected chi connectivity index (χ3v) is 3.94. The number of benzene rings is 1. The molecule has 0 aliphatic heterocycles. The van der Waals surface area contributed by atoms with E-state index in [1.54, 1.807) is 0 Å². The van der Waals surface area contributed by atoms with Gasteiger partial charge in [-0.05, 0) is 65.8 Å². The van der Waals surface area contributed by atoms with Crippen molar-refractivity contribution in [1.29, 1.82) is 0 Å². The van der Waals surface area contributed by atoms with Gasteiger partial charge >= 0.3 is 0 Å². The van der Waals surface area contributed by atoms with E-state index in [-0.39, 0.29) is 0 Å². The average molecular weight is 360 g/mol. The van der Waals surface area contributed by atoms with Crippen molar-refractivity contribution in [3.63, 3.8) is 0 Å². The van der Waals surface area contributed by atoms with Crippen molar-refractivity contribution >= 4 is 21.6 Å². The van der Waals surface area contributed by atoms with Gasteiger partial charge in [-0.3, -0.25) is 4.40 Å². The summed E-state index contributed by atoms with van der Waals surface area (Å²) in [6.07, 6.45) is 2.79. The van der Waals surface area contributed by atoms with Crippen LogP contribution in [-0.2, 0) is 6.42 Å². The number of aromatic nitrogens is 2. The second kappa shape index (κ2) is 6.50. The number of pyridine rings is 1. The minimum atomic E-state index is 0.578. The predicted molar refractivity (Wildman–Crippen MR) is 92.3 cm³/mol. The SMILES string of the molecule is CCOc1ccc(-c2c(CCN)nc3ccc(Br)cn23)cc1. The van der Waals surface area contributed by atoms with Gasteiger partial charge in [0.2, 0.25) is 0 Å². The first-order valence-corrected chi connectivity index (χ1v) is 8.12. The molecule has 2 N–H and O–H groups in total. The Morgan fingerprint density at radius 3 is 2.64 bits per heavy atom. The van der Waals surface area contributed by atoms with Crippen LogP contribution in [0.3, 0.4) is 0 Å². The molecule has 0 bridgehead atoms. The summed E-state index contributed by atoms with van der Waals surface area (Å²) in [5.41, 5.74) is 9.89. The van der Waals surface area contributed by atoms with Gasteiger partial charge in [0.05, 0.1) is 18.0 Å². The van der Waals surface area contributed by atoms with Gasteiger partial charge < -0.3 is 10.5 Å². The van der Waals surface area contributed by atoms with Crippen LogP contribution in [0, 0.1) is 0 Å². The van der Waals surface area contributed by atoms with Gasteiger partial charge in [-0.1, -0.05) is 0 Å². The lowest BCUT2D eigenvalue weighted by molar-refractivity contribution is 0.340. The zero-order valence-electron chi connectivity index (χ0n) is 12.4. The number of fused-ring (bicyclic) bond motifs is 1. The summed E-state index contributed by atoms with van der Waals surface area (Å²) < 4.78 is 8.63. The van der Waals surface area contributed by atoms with Crippen LogP contribution >= 0.6 is 15.9 Å². The molecule has 0 saturated heterocycles. The molecule has 22 heavy (non-hydrogen) atoms. The minimum Gasteiger partial charge on any atom is -0.494 e. The molecular weight excluding hydrogens is 342 g/mol. The fraction of sp³-hybridized carbons (Fsp3) is 0.235. The van der Waals surface area contributed by atoms with E-state index in [2.05, 4.69) is 32.5 Å². The van der Waals surface area contributed by atoms with Crippen molar-refractivity contribution in [2.45, 2.75) is 13.3 Å². The Bertz CT molecular complexity index is 780.